The second-order valence-corrected chi connectivity index (χ2v) is 10.9. The number of nitrogens with one attached hydrogen (secondary N) is 2. The molecule has 1 atom stereocenters. The number of hydrogen-bond acceptors (Lipinski definition) is 7. The predicted octanol–water partition coefficient (Wildman–Crippen LogP) is -1.55. The molecule has 1 aromatic carbocycles. The van der Waals surface area contributed by atoms with Crippen LogP contribution < -0.4 is 19.8 Å². The van der Waals surface area contributed by atoms with Crippen molar-refractivity contribution in [3.63, 3.8) is 0 Å². The quantitative estimate of drug-likeness (QED) is 0.557. The standard InChI is InChI=1S/C21H26N4O6S/c26-20-4-2-17(22-25(20)16-5-10-32(28,29)13-16)21(27)24-8-6-23(7-9-24)12-15-1-3-18-19(11-15)31-14-30-18/h1-3,11,16,22H,4-10,12-14H2/p+1/t16-/m1/s1. The lowest BCUT2D eigenvalue weighted by atomic mass is 10.1. The third kappa shape index (κ3) is 4.26. The average molecular weight is 464 g/mol. The van der Waals surface area contributed by atoms with E-state index in [1.54, 1.807) is 11.0 Å². The second-order valence-electron chi connectivity index (χ2n) is 8.66. The zero-order valence-electron chi connectivity index (χ0n) is 17.7. The predicted molar refractivity (Wildman–Crippen MR) is 113 cm³/mol. The Bertz CT molecular complexity index is 1060. The Balaban J connectivity index is 1.16. The van der Waals surface area contributed by atoms with Crippen LogP contribution in [0.1, 0.15) is 18.4 Å². The fraction of sp³-hybridized carbons (Fsp3) is 0.524. The zero-order chi connectivity index (χ0) is 22.3. The van der Waals surface area contributed by atoms with E-state index in [-0.39, 0.29) is 36.5 Å². The number of carbonyl (C=O) groups excluding carboxylic acids is 2. The molecule has 11 heteroatoms. The molecule has 2 N–H and O–H groups in total. The van der Waals surface area contributed by atoms with Gasteiger partial charge in [-0.2, -0.15) is 0 Å². The highest BCUT2D eigenvalue weighted by Crippen LogP contribution is 2.32. The van der Waals surface area contributed by atoms with Crippen molar-refractivity contribution in [3.05, 3.63) is 35.5 Å². The summed E-state index contributed by atoms with van der Waals surface area (Å²) in [4.78, 5) is 28.5. The van der Waals surface area contributed by atoms with Crippen molar-refractivity contribution >= 4 is 21.7 Å². The Morgan fingerprint density at radius 3 is 2.72 bits per heavy atom. The molecule has 0 saturated carbocycles. The lowest BCUT2D eigenvalue weighted by Crippen LogP contribution is -3.13. The summed E-state index contributed by atoms with van der Waals surface area (Å²) in [6.07, 6.45) is 2.10. The van der Waals surface area contributed by atoms with Gasteiger partial charge in [0.1, 0.15) is 12.2 Å². The van der Waals surface area contributed by atoms with Crippen molar-refractivity contribution in [2.24, 2.45) is 0 Å². The number of carbonyl (C=O) groups is 2. The Morgan fingerprint density at radius 1 is 1.19 bits per heavy atom. The first kappa shape index (κ1) is 21.1. The molecule has 4 aliphatic heterocycles. The molecule has 2 amide bonds. The number of hydrazine groups is 1. The molecule has 0 unspecified atom stereocenters. The van der Waals surface area contributed by atoms with Gasteiger partial charge < -0.3 is 19.3 Å². The Hall–Kier alpha value is -2.79. The van der Waals surface area contributed by atoms with Gasteiger partial charge in [-0.15, -0.1) is 0 Å². The van der Waals surface area contributed by atoms with Crippen molar-refractivity contribution < 1.29 is 32.4 Å². The van der Waals surface area contributed by atoms with Crippen LogP contribution in [0.25, 0.3) is 0 Å². The van der Waals surface area contributed by atoms with Crippen LogP contribution in [-0.2, 0) is 26.0 Å². The number of sulfone groups is 1. The highest BCUT2D eigenvalue weighted by molar-refractivity contribution is 7.91. The summed E-state index contributed by atoms with van der Waals surface area (Å²) in [5.74, 6) is 1.21. The fourth-order valence-corrected chi connectivity index (χ4v) is 6.35. The minimum Gasteiger partial charge on any atom is -0.454 e. The Kier molecular flexibility index (Phi) is 5.46. The smallest absolute Gasteiger partial charge is 0.271 e. The molecule has 0 bridgehead atoms. The normalized spacial score (nSPS) is 24.9. The van der Waals surface area contributed by atoms with Gasteiger partial charge in [0.25, 0.3) is 5.91 Å². The van der Waals surface area contributed by atoms with E-state index in [0.717, 1.165) is 31.1 Å². The van der Waals surface area contributed by atoms with Crippen LogP contribution in [0.5, 0.6) is 11.5 Å². The number of fused-ring (bicyclic) bond motifs is 1. The lowest BCUT2D eigenvalue weighted by Gasteiger charge is -2.36. The van der Waals surface area contributed by atoms with Gasteiger partial charge in [0, 0.05) is 12.0 Å². The zero-order valence-corrected chi connectivity index (χ0v) is 18.5. The number of rotatable bonds is 4. The molecule has 2 saturated heterocycles. The van der Waals surface area contributed by atoms with E-state index in [1.807, 2.05) is 18.2 Å². The molecule has 1 aromatic rings. The van der Waals surface area contributed by atoms with Crippen LogP contribution in [0.4, 0.5) is 0 Å². The lowest BCUT2D eigenvalue weighted by molar-refractivity contribution is -0.917. The SMILES string of the molecule is O=C(C1=CCC(=O)N([C@@H]2CCS(=O)(=O)C2)N1)N1CC[NH+](Cc2ccc3c(c2)OCO3)CC1. The van der Waals surface area contributed by atoms with Crippen LogP contribution in [-0.4, -0.2) is 80.7 Å². The summed E-state index contributed by atoms with van der Waals surface area (Å²) in [5, 5.41) is 1.35. The Labute approximate surface area is 186 Å². The largest absolute Gasteiger partial charge is 0.454 e. The van der Waals surface area contributed by atoms with Crippen LogP contribution in [0.15, 0.2) is 30.0 Å². The van der Waals surface area contributed by atoms with E-state index < -0.39 is 15.9 Å². The maximum atomic E-state index is 13.0. The topological polar surface area (TPSA) is 110 Å². The number of ether oxygens (including phenoxy) is 2. The molecular weight excluding hydrogens is 436 g/mol. The van der Waals surface area contributed by atoms with Crippen molar-refractivity contribution in [1.82, 2.24) is 15.3 Å². The van der Waals surface area contributed by atoms with Gasteiger partial charge in [-0.3, -0.25) is 20.0 Å². The van der Waals surface area contributed by atoms with Gasteiger partial charge >= 0.3 is 0 Å². The molecular formula is C21H27N4O6S+. The second kappa shape index (κ2) is 8.28. The van der Waals surface area contributed by atoms with Crippen molar-refractivity contribution in [3.8, 4) is 11.5 Å². The average Bonchev–Trinajstić information content (AvgIpc) is 3.39. The summed E-state index contributed by atoms with van der Waals surface area (Å²) in [6, 6.07) is 5.56. The number of benzene rings is 1. The van der Waals surface area contributed by atoms with E-state index in [0.29, 0.717) is 25.2 Å². The van der Waals surface area contributed by atoms with E-state index >= 15 is 0 Å². The highest BCUT2D eigenvalue weighted by Gasteiger charge is 2.38. The van der Waals surface area contributed by atoms with E-state index in [9.17, 15) is 18.0 Å². The molecule has 5 rings (SSSR count). The van der Waals surface area contributed by atoms with Gasteiger partial charge in [0.2, 0.25) is 12.7 Å². The number of amides is 2. The summed E-state index contributed by atoms with van der Waals surface area (Å²) in [6.45, 7) is 3.97. The first-order valence-electron chi connectivity index (χ1n) is 10.9. The molecule has 0 radical (unpaired) electrons. The first-order valence-corrected chi connectivity index (χ1v) is 12.7. The van der Waals surface area contributed by atoms with Gasteiger partial charge in [-0.05, 0) is 30.7 Å². The van der Waals surface area contributed by atoms with Gasteiger partial charge in [0.15, 0.2) is 21.3 Å². The maximum Gasteiger partial charge on any atom is 0.271 e. The van der Waals surface area contributed by atoms with Crippen LogP contribution in [0, 0.1) is 0 Å². The molecule has 0 aliphatic carbocycles. The molecule has 4 aliphatic rings. The molecule has 4 heterocycles. The first-order chi connectivity index (χ1) is 15.4. The molecule has 10 nitrogen and oxygen atoms in total. The summed E-state index contributed by atoms with van der Waals surface area (Å²) in [5.41, 5.74) is 4.43. The number of nitrogens with zero attached hydrogens (tertiary/aromatic N) is 2. The van der Waals surface area contributed by atoms with E-state index in [1.165, 1.54) is 15.5 Å². The molecule has 0 spiro atoms. The molecule has 32 heavy (non-hydrogen) atoms. The van der Waals surface area contributed by atoms with Crippen molar-refractivity contribution in [2.75, 3.05) is 44.5 Å². The number of piperazine rings is 1. The van der Waals surface area contributed by atoms with Crippen molar-refractivity contribution in [2.45, 2.75) is 25.4 Å². The van der Waals surface area contributed by atoms with E-state index in [2.05, 4.69) is 5.43 Å². The fourth-order valence-electron chi connectivity index (χ4n) is 4.65. The van der Waals surface area contributed by atoms with Crippen LogP contribution >= 0.6 is 0 Å². The molecule has 172 valence electrons. The monoisotopic (exact) mass is 463 g/mol. The Morgan fingerprint density at radius 2 is 1.97 bits per heavy atom. The van der Waals surface area contributed by atoms with Crippen molar-refractivity contribution in [1.29, 1.82) is 0 Å². The minimum atomic E-state index is -3.13. The third-order valence-corrected chi connectivity index (χ3v) is 8.19. The third-order valence-electron chi connectivity index (χ3n) is 6.44. The molecule has 2 fully saturated rings. The summed E-state index contributed by atoms with van der Waals surface area (Å²) >= 11 is 0. The summed E-state index contributed by atoms with van der Waals surface area (Å²) in [7, 11) is -3.13. The van der Waals surface area contributed by atoms with Crippen LogP contribution in [0.2, 0.25) is 0 Å². The maximum absolute atomic E-state index is 13.0. The van der Waals surface area contributed by atoms with Crippen LogP contribution in [0.3, 0.4) is 0 Å². The van der Waals surface area contributed by atoms with E-state index in [4.69, 9.17) is 9.47 Å². The number of hydrogen-bond donors (Lipinski definition) is 2. The number of quaternary nitrogens is 1. The molecule has 0 aromatic heterocycles. The summed E-state index contributed by atoms with van der Waals surface area (Å²) < 4.78 is 34.4. The minimum absolute atomic E-state index is 0.0604. The van der Waals surface area contributed by atoms with Gasteiger partial charge in [-0.1, -0.05) is 0 Å². The van der Waals surface area contributed by atoms with Gasteiger partial charge in [0.05, 0.1) is 43.7 Å². The van der Waals surface area contributed by atoms with Gasteiger partial charge in [-0.25, -0.2) is 8.42 Å². The highest BCUT2D eigenvalue weighted by atomic mass is 32.2.